The van der Waals surface area contributed by atoms with Gasteiger partial charge in [-0.2, -0.15) is 0 Å². The van der Waals surface area contributed by atoms with E-state index in [2.05, 4.69) is 33.0 Å². The van der Waals surface area contributed by atoms with Crippen LogP contribution in [0.1, 0.15) is 53.4 Å². The molecule has 0 saturated heterocycles. The van der Waals surface area contributed by atoms with E-state index in [0.717, 1.165) is 25.7 Å². The Hall–Kier alpha value is -0.530. The molecule has 78 valence electrons. The molecule has 0 aliphatic rings. The van der Waals surface area contributed by atoms with Gasteiger partial charge in [-0.05, 0) is 26.2 Å². The lowest BCUT2D eigenvalue weighted by Gasteiger charge is -2.17. The van der Waals surface area contributed by atoms with E-state index in [1.807, 2.05) is 0 Å². The molecule has 0 aliphatic heterocycles. The minimum absolute atomic E-state index is 0.208. The Labute approximate surface area is 82.1 Å². The van der Waals surface area contributed by atoms with Crippen molar-refractivity contribution in [1.82, 2.24) is 5.32 Å². The van der Waals surface area contributed by atoms with Gasteiger partial charge in [-0.3, -0.25) is 4.79 Å². The van der Waals surface area contributed by atoms with E-state index in [-0.39, 0.29) is 11.8 Å². The average Bonchev–Trinajstić information content (AvgIpc) is 2.06. The molecular formula is C11H23NO. The van der Waals surface area contributed by atoms with Crippen molar-refractivity contribution in [2.24, 2.45) is 5.92 Å². The van der Waals surface area contributed by atoms with Gasteiger partial charge in [0.2, 0.25) is 5.91 Å². The van der Waals surface area contributed by atoms with Crippen LogP contribution in [0.25, 0.3) is 0 Å². The van der Waals surface area contributed by atoms with Crippen molar-refractivity contribution in [2.75, 3.05) is 0 Å². The molecule has 0 heterocycles. The van der Waals surface area contributed by atoms with Crippen LogP contribution in [0.15, 0.2) is 0 Å². The summed E-state index contributed by atoms with van der Waals surface area (Å²) in [5.74, 6) is 0.435. The van der Waals surface area contributed by atoms with Crippen molar-refractivity contribution in [3.8, 4) is 0 Å². The second kappa shape index (κ2) is 6.93. The first kappa shape index (κ1) is 12.5. The maximum absolute atomic E-state index is 11.6. The van der Waals surface area contributed by atoms with Crippen molar-refractivity contribution < 1.29 is 4.79 Å². The Morgan fingerprint density at radius 1 is 1.23 bits per heavy atom. The van der Waals surface area contributed by atoms with Gasteiger partial charge in [0, 0.05) is 12.0 Å². The highest BCUT2D eigenvalue weighted by molar-refractivity contribution is 5.78. The Morgan fingerprint density at radius 3 is 2.15 bits per heavy atom. The van der Waals surface area contributed by atoms with Gasteiger partial charge in [-0.1, -0.05) is 27.2 Å². The van der Waals surface area contributed by atoms with Crippen LogP contribution in [0, 0.1) is 5.92 Å². The summed E-state index contributed by atoms with van der Waals surface area (Å²) in [4.78, 5) is 11.6. The smallest absolute Gasteiger partial charge is 0.223 e. The fraction of sp³-hybridized carbons (Fsp3) is 0.909. The van der Waals surface area contributed by atoms with E-state index >= 15 is 0 Å². The predicted octanol–water partition coefficient (Wildman–Crippen LogP) is 2.73. The number of carbonyl (C=O) groups excluding carboxylic acids is 1. The summed E-state index contributed by atoms with van der Waals surface area (Å²) in [5.41, 5.74) is 0. The zero-order valence-electron chi connectivity index (χ0n) is 9.39. The Kier molecular flexibility index (Phi) is 6.65. The third-order valence-corrected chi connectivity index (χ3v) is 2.47. The summed E-state index contributed by atoms with van der Waals surface area (Å²) < 4.78 is 0. The molecule has 1 unspecified atom stereocenters. The molecule has 0 spiro atoms. The summed E-state index contributed by atoms with van der Waals surface area (Å²) in [7, 11) is 0. The van der Waals surface area contributed by atoms with E-state index in [1.165, 1.54) is 0 Å². The summed E-state index contributed by atoms with van der Waals surface area (Å²) in [6, 6.07) is 0.332. The number of amides is 1. The zero-order chi connectivity index (χ0) is 10.3. The van der Waals surface area contributed by atoms with E-state index in [0.29, 0.717) is 6.04 Å². The fourth-order valence-corrected chi connectivity index (χ4v) is 1.53. The van der Waals surface area contributed by atoms with Crippen LogP contribution in [0.2, 0.25) is 0 Å². The van der Waals surface area contributed by atoms with Crippen LogP contribution >= 0.6 is 0 Å². The lowest BCUT2D eigenvalue weighted by Crippen LogP contribution is -2.36. The van der Waals surface area contributed by atoms with E-state index in [9.17, 15) is 4.79 Å². The predicted molar refractivity (Wildman–Crippen MR) is 56.6 cm³/mol. The molecule has 0 bridgehead atoms. The van der Waals surface area contributed by atoms with Gasteiger partial charge in [-0.25, -0.2) is 0 Å². The van der Waals surface area contributed by atoms with Crippen LogP contribution < -0.4 is 5.32 Å². The monoisotopic (exact) mass is 185 g/mol. The van der Waals surface area contributed by atoms with Crippen LogP contribution in [0.3, 0.4) is 0 Å². The number of hydrogen-bond donors (Lipinski definition) is 1. The minimum atomic E-state index is 0.208. The second-order valence-electron chi connectivity index (χ2n) is 3.71. The molecule has 0 saturated carbocycles. The van der Waals surface area contributed by atoms with Gasteiger partial charge < -0.3 is 5.32 Å². The summed E-state index contributed by atoms with van der Waals surface area (Å²) in [6.07, 6.45) is 4.10. The maximum Gasteiger partial charge on any atom is 0.223 e. The van der Waals surface area contributed by atoms with Gasteiger partial charge in [-0.15, -0.1) is 0 Å². The van der Waals surface area contributed by atoms with Gasteiger partial charge in [0.05, 0.1) is 0 Å². The van der Waals surface area contributed by atoms with Crippen LogP contribution in [0.4, 0.5) is 0 Å². The minimum Gasteiger partial charge on any atom is -0.353 e. The van der Waals surface area contributed by atoms with Crippen LogP contribution in [-0.2, 0) is 4.79 Å². The Bertz CT molecular complexity index is 141. The fourth-order valence-electron chi connectivity index (χ4n) is 1.53. The maximum atomic E-state index is 11.6. The van der Waals surface area contributed by atoms with E-state index in [1.54, 1.807) is 0 Å². The molecular weight excluding hydrogens is 162 g/mol. The molecule has 0 rings (SSSR count). The lowest BCUT2D eigenvalue weighted by molar-refractivity contribution is -0.125. The molecule has 0 fully saturated rings. The quantitative estimate of drug-likeness (QED) is 0.677. The topological polar surface area (TPSA) is 29.1 Å². The molecule has 0 aromatic heterocycles. The molecule has 0 aromatic carbocycles. The van der Waals surface area contributed by atoms with Gasteiger partial charge >= 0.3 is 0 Å². The van der Waals surface area contributed by atoms with Crippen molar-refractivity contribution in [1.29, 1.82) is 0 Å². The molecule has 1 atom stereocenters. The first-order chi connectivity index (χ1) is 6.15. The second-order valence-corrected chi connectivity index (χ2v) is 3.71. The Morgan fingerprint density at radius 2 is 1.77 bits per heavy atom. The number of carbonyl (C=O) groups is 1. The van der Waals surface area contributed by atoms with E-state index < -0.39 is 0 Å². The third kappa shape index (κ3) is 4.91. The molecule has 13 heavy (non-hydrogen) atoms. The van der Waals surface area contributed by atoms with Gasteiger partial charge in [0.25, 0.3) is 0 Å². The lowest BCUT2D eigenvalue weighted by atomic mass is 10.0. The Balaban J connectivity index is 3.83. The molecule has 2 nitrogen and oxygen atoms in total. The first-order valence-electron chi connectivity index (χ1n) is 5.45. The molecule has 0 aliphatic carbocycles. The number of rotatable bonds is 6. The van der Waals surface area contributed by atoms with Crippen molar-refractivity contribution in [3.63, 3.8) is 0 Å². The van der Waals surface area contributed by atoms with Crippen LogP contribution in [0.5, 0.6) is 0 Å². The molecule has 1 amide bonds. The van der Waals surface area contributed by atoms with Crippen LogP contribution in [-0.4, -0.2) is 11.9 Å². The summed E-state index contributed by atoms with van der Waals surface area (Å²) in [5, 5.41) is 3.04. The summed E-state index contributed by atoms with van der Waals surface area (Å²) in [6.45, 7) is 8.35. The molecule has 2 heteroatoms. The molecule has 0 radical (unpaired) electrons. The van der Waals surface area contributed by atoms with Gasteiger partial charge in [0.1, 0.15) is 0 Å². The largest absolute Gasteiger partial charge is 0.353 e. The average molecular weight is 185 g/mol. The number of nitrogens with one attached hydrogen (secondary N) is 1. The van der Waals surface area contributed by atoms with E-state index in [4.69, 9.17) is 0 Å². The van der Waals surface area contributed by atoms with Crippen molar-refractivity contribution >= 4 is 5.91 Å². The van der Waals surface area contributed by atoms with Crippen molar-refractivity contribution in [2.45, 2.75) is 59.4 Å². The number of hydrogen-bond acceptors (Lipinski definition) is 1. The third-order valence-electron chi connectivity index (χ3n) is 2.47. The highest BCUT2D eigenvalue weighted by Gasteiger charge is 2.15. The van der Waals surface area contributed by atoms with Gasteiger partial charge in [0.15, 0.2) is 0 Å². The molecule has 0 aromatic rings. The first-order valence-corrected chi connectivity index (χ1v) is 5.45. The van der Waals surface area contributed by atoms with Crippen molar-refractivity contribution in [3.05, 3.63) is 0 Å². The standard InChI is InChI=1S/C11H23NO/c1-5-8-9(4)12-11(13)10(6-2)7-3/h9-10H,5-8H2,1-4H3,(H,12,13). The normalized spacial score (nSPS) is 13.0. The summed E-state index contributed by atoms with van der Waals surface area (Å²) >= 11 is 0. The highest BCUT2D eigenvalue weighted by atomic mass is 16.1. The zero-order valence-corrected chi connectivity index (χ0v) is 9.39. The molecule has 1 N–H and O–H groups in total. The highest BCUT2D eigenvalue weighted by Crippen LogP contribution is 2.08. The SMILES string of the molecule is CCCC(C)NC(=O)C(CC)CC.